The summed E-state index contributed by atoms with van der Waals surface area (Å²) in [5.41, 5.74) is 6.07. The van der Waals surface area contributed by atoms with Crippen LogP contribution in [-0.4, -0.2) is 54.3 Å². The van der Waals surface area contributed by atoms with Gasteiger partial charge in [0, 0.05) is 19.6 Å². The minimum atomic E-state index is 0.194. The minimum absolute atomic E-state index is 0.194. The zero-order chi connectivity index (χ0) is 11.4. The van der Waals surface area contributed by atoms with Gasteiger partial charge in [0.1, 0.15) is 0 Å². The fraction of sp³-hybridized carbons (Fsp3) is 0.600. The van der Waals surface area contributed by atoms with Gasteiger partial charge in [-0.1, -0.05) is 0 Å². The van der Waals surface area contributed by atoms with Crippen LogP contribution in [0.1, 0.15) is 0 Å². The highest BCUT2D eigenvalue weighted by molar-refractivity contribution is 5.35. The second kappa shape index (κ2) is 5.09. The summed E-state index contributed by atoms with van der Waals surface area (Å²) in [5, 5.41) is 3.13. The van der Waals surface area contributed by atoms with Gasteiger partial charge in [0.15, 0.2) is 0 Å². The van der Waals surface area contributed by atoms with Gasteiger partial charge in [0.05, 0.1) is 30.8 Å². The second-order valence-corrected chi connectivity index (χ2v) is 3.98. The molecule has 88 valence electrons. The van der Waals surface area contributed by atoms with Gasteiger partial charge in [0.25, 0.3) is 0 Å². The average Bonchev–Trinajstić information content (AvgIpc) is 2.28. The molecule has 1 atom stereocenters. The van der Waals surface area contributed by atoms with Gasteiger partial charge in [-0.3, -0.25) is 0 Å². The van der Waals surface area contributed by atoms with Gasteiger partial charge in [0.2, 0.25) is 5.95 Å². The maximum atomic E-state index is 5.61. The maximum absolute atomic E-state index is 5.61. The van der Waals surface area contributed by atoms with E-state index < -0.39 is 0 Å². The van der Waals surface area contributed by atoms with Crippen LogP contribution in [0.3, 0.4) is 0 Å². The molecule has 1 aromatic rings. The van der Waals surface area contributed by atoms with E-state index in [0.29, 0.717) is 18.2 Å². The first kappa shape index (κ1) is 11.1. The zero-order valence-electron chi connectivity index (χ0n) is 9.39. The van der Waals surface area contributed by atoms with Crippen LogP contribution in [0.5, 0.6) is 0 Å². The molecule has 0 aromatic carbocycles. The molecule has 0 radical (unpaired) electrons. The first-order valence-corrected chi connectivity index (χ1v) is 5.35. The molecule has 1 aromatic heterocycles. The number of hydrogen-bond donors (Lipinski definition) is 2. The van der Waals surface area contributed by atoms with Gasteiger partial charge < -0.3 is 20.7 Å². The number of morpholine rings is 1. The Kier molecular flexibility index (Phi) is 3.53. The van der Waals surface area contributed by atoms with Crippen LogP contribution < -0.4 is 11.1 Å². The third-order valence-corrected chi connectivity index (χ3v) is 2.50. The van der Waals surface area contributed by atoms with E-state index in [4.69, 9.17) is 10.5 Å². The number of nitrogens with two attached hydrogens (primary N) is 1. The smallest absolute Gasteiger partial charge is 0.222 e. The summed E-state index contributed by atoms with van der Waals surface area (Å²) in [6, 6.07) is 0. The summed E-state index contributed by atoms with van der Waals surface area (Å²) < 4.78 is 5.61. The summed E-state index contributed by atoms with van der Waals surface area (Å²) in [5.74, 6) is 0.589. The molecule has 2 rings (SSSR count). The minimum Gasteiger partial charge on any atom is -0.396 e. The first-order chi connectivity index (χ1) is 7.74. The Morgan fingerprint density at radius 2 is 2.31 bits per heavy atom. The predicted octanol–water partition coefficient (Wildman–Crippen LogP) is -0.199. The van der Waals surface area contributed by atoms with Crippen LogP contribution in [0.15, 0.2) is 12.4 Å². The molecule has 1 aliphatic rings. The molecular weight excluding hydrogens is 206 g/mol. The Bertz CT molecular complexity index is 328. The van der Waals surface area contributed by atoms with E-state index in [1.54, 1.807) is 12.4 Å². The Labute approximate surface area is 94.8 Å². The van der Waals surface area contributed by atoms with Gasteiger partial charge >= 0.3 is 0 Å². The Hall–Kier alpha value is -1.40. The number of nitrogens with zero attached hydrogens (tertiary/aromatic N) is 3. The topological polar surface area (TPSA) is 76.3 Å². The lowest BCUT2D eigenvalue weighted by Gasteiger charge is -2.30. The number of nitrogens with one attached hydrogen (secondary N) is 1. The average molecular weight is 223 g/mol. The molecule has 3 N–H and O–H groups in total. The third kappa shape index (κ3) is 3.04. The van der Waals surface area contributed by atoms with Crippen molar-refractivity contribution in [3.8, 4) is 0 Å². The number of ether oxygens (including phenoxy) is 1. The van der Waals surface area contributed by atoms with Gasteiger partial charge in [-0.2, -0.15) is 0 Å². The van der Waals surface area contributed by atoms with E-state index in [9.17, 15) is 0 Å². The van der Waals surface area contributed by atoms with Crippen molar-refractivity contribution in [3.05, 3.63) is 12.4 Å². The van der Waals surface area contributed by atoms with Crippen LogP contribution in [0.4, 0.5) is 11.6 Å². The highest BCUT2D eigenvalue weighted by Gasteiger charge is 2.17. The van der Waals surface area contributed by atoms with Crippen molar-refractivity contribution in [1.82, 2.24) is 14.9 Å². The molecule has 0 bridgehead atoms. The molecule has 0 spiro atoms. The number of hydrogen-bond acceptors (Lipinski definition) is 6. The van der Waals surface area contributed by atoms with Gasteiger partial charge in [-0.25, -0.2) is 9.97 Å². The van der Waals surface area contributed by atoms with E-state index in [1.807, 2.05) is 0 Å². The molecule has 6 heteroatoms. The zero-order valence-corrected chi connectivity index (χ0v) is 9.39. The van der Waals surface area contributed by atoms with E-state index in [1.165, 1.54) is 0 Å². The lowest BCUT2D eigenvalue weighted by molar-refractivity contribution is -0.0117. The fourth-order valence-electron chi connectivity index (χ4n) is 1.62. The van der Waals surface area contributed by atoms with Crippen molar-refractivity contribution in [2.45, 2.75) is 6.10 Å². The number of rotatable bonds is 3. The second-order valence-electron chi connectivity index (χ2n) is 3.98. The van der Waals surface area contributed by atoms with Crippen molar-refractivity contribution >= 4 is 11.6 Å². The molecule has 16 heavy (non-hydrogen) atoms. The van der Waals surface area contributed by atoms with Crippen molar-refractivity contribution in [1.29, 1.82) is 0 Å². The van der Waals surface area contributed by atoms with Crippen LogP contribution in [0, 0.1) is 0 Å². The van der Waals surface area contributed by atoms with Gasteiger partial charge in [-0.15, -0.1) is 0 Å². The van der Waals surface area contributed by atoms with Crippen molar-refractivity contribution in [2.75, 3.05) is 44.3 Å². The predicted molar refractivity (Wildman–Crippen MR) is 62.2 cm³/mol. The molecule has 6 nitrogen and oxygen atoms in total. The standard InChI is InChI=1S/C10H17N5O/c1-15-2-3-16-9(7-15)6-14-10-12-4-8(11)5-13-10/h4-5,9H,2-3,6-7,11H2,1H3,(H,12,13,14). The summed E-state index contributed by atoms with van der Waals surface area (Å²) in [6.45, 7) is 3.43. The maximum Gasteiger partial charge on any atom is 0.222 e. The molecule has 0 amide bonds. The number of anilines is 2. The normalized spacial score (nSPS) is 21.9. The molecule has 0 aliphatic carbocycles. The van der Waals surface area contributed by atoms with Crippen LogP contribution in [0.2, 0.25) is 0 Å². The van der Waals surface area contributed by atoms with Crippen molar-refractivity contribution in [2.24, 2.45) is 0 Å². The van der Waals surface area contributed by atoms with E-state index in [-0.39, 0.29) is 6.10 Å². The van der Waals surface area contributed by atoms with Crippen molar-refractivity contribution < 1.29 is 4.74 Å². The summed E-state index contributed by atoms with van der Waals surface area (Å²) >= 11 is 0. The third-order valence-electron chi connectivity index (χ3n) is 2.50. The van der Waals surface area contributed by atoms with Crippen LogP contribution in [-0.2, 0) is 4.74 Å². The highest BCUT2D eigenvalue weighted by Crippen LogP contribution is 2.05. The van der Waals surface area contributed by atoms with E-state index >= 15 is 0 Å². The molecule has 1 saturated heterocycles. The molecule has 1 aliphatic heterocycles. The van der Waals surface area contributed by atoms with E-state index in [0.717, 1.165) is 19.7 Å². The summed E-state index contributed by atoms with van der Waals surface area (Å²) in [6.07, 6.45) is 3.37. The molecule has 0 saturated carbocycles. The first-order valence-electron chi connectivity index (χ1n) is 5.35. The highest BCUT2D eigenvalue weighted by atomic mass is 16.5. The molecule has 1 fully saturated rings. The Balaban J connectivity index is 1.80. The van der Waals surface area contributed by atoms with Gasteiger partial charge in [-0.05, 0) is 7.05 Å². The lowest BCUT2D eigenvalue weighted by atomic mass is 10.3. The van der Waals surface area contributed by atoms with Crippen LogP contribution in [0.25, 0.3) is 0 Å². The quantitative estimate of drug-likeness (QED) is 0.739. The lowest BCUT2D eigenvalue weighted by Crippen LogP contribution is -2.43. The fourth-order valence-corrected chi connectivity index (χ4v) is 1.62. The number of likely N-dealkylation sites (N-methyl/N-ethyl adjacent to an activating group) is 1. The summed E-state index contributed by atoms with van der Waals surface area (Å²) in [4.78, 5) is 10.4. The number of aromatic nitrogens is 2. The SMILES string of the molecule is CN1CCOC(CNc2ncc(N)cn2)C1. The van der Waals surface area contributed by atoms with Crippen molar-refractivity contribution in [3.63, 3.8) is 0 Å². The molecule has 2 heterocycles. The molecular formula is C10H17N5O. The Morgan fingerprint density at radius 1 is 1.56 bits per heavy atom. The molecule has 1 unspecified atom stereocenters. The largest absolute Gasteiger partial charge is 0.396 e. The van der Waals surface area contributed by atoms with E-state index in [2.05, 4.69) is 27.2 Å². The monoisotopic (exact) mass is 223 g/mol. The van der Waals surface area contributed by atoms with Crippen LogP contribution >= 0.6 is 0 Å². The summed E-state index contributed by atoms with van der Waals surface area (Å²) in [7, 11) is 2.09. The Morgan fingerprint density at radius 3 is 3.00 bits per heavy atom. The number of nitrogen functional groups attached to an aromatic ring is 1.